The van der Waals surface area contributed by atoms with E-state index in [1.165, 1.54) is 5.56 Å². The SMILES string of the molecule is CC(NC(=O)c1ccn(COc2ccc(C(C)(C)C)cc2)n1)c1ccc(-n2cccc2)cc1. The third kappa shape index (κ3) is 5.52. The lowest BCUT2D eigenvalue weighted by Crippen LogP contribution is -2.27. The van der Waals surface area contributed by atoms with Gasteiger partial charge in [-0.3, -0.25) is 4.79 Å². The van der Waals surface area contributed by atoms with Gasteiger partial charge in [-0.1, -0.05) is 45.0 Å². The number of nitrogens with one attached hydrogen (secondary N) is 1. The standard InChI is InChI=1S/C27H30N4O2/c1-20(21-7-11-23(12-8-21)30-16-5-6-17-30)28-26(32)25-15-18-31(29-25)19-33-24-13-9-22(10-14-24)27(2,3)4/h5-18,20H,19H2,1-4H3,(H,28,32). The van der Waals surface area contributed by atoms with Crippen LogP contribution in [0.1, 0.15) is 55.4 Å². The van der Waals surface area contributed by atoms with E-state index < -0.39 is 0 Å². The molecule has 2 aromatic heterocycles. The first-order valence-corrected chi connectivity index (χ1v) is 11.1. The molecule has 0 radical (unpaired) electrons. The summed E-state index contributed by atoms with van der Waals surface area (Å²) in [5.41, 5.74) is 3.82. The summed E-state index contributed by atoms with van der Waals surface area (Å²) in [4.78, 5) is 12.7. The minimum absolute atomic E-state index is 0.102. The van der Waals surface area contributed by atoms with Gasteiger partial charge in [-0.25, -0.2) is 4.68 Å². The lowest BCUT2D eigenvalue weighted by molar-refractivity contribution is 0.0932. The third-order valence-electron chi connectivity index (χ3n) is 5.60. The lowest BCUT2D eigenvalue weighted by atomic mass is 9.87. The molecular weight excluding hydrogens is 412 g/mol. The summed E-state index contributed by atoms with van der Waals surface area (Å²) >= 11 is 0. The van der Waals surface area contributed by atoms with Crippen molar-refractivity contribution in [3.8, 4) is 11.4 Å². The predicted octanol–water partition coefficient (Wildman–Crippen LogP) is 5.50. The van der Waals surface area contributed by atoms with E-state index in [4.69, 9.17) is 4.74 Å². The maximum absolute atomic E-state index is 12.7. The smallest absolute Gasteiger partial charge is 0.272 e. The summed E-state index contributed by atoms with van der Waals surface area (Å²) < 4.78 is 9.47. The summed E-state index contributed by atoms with van der Waals surface area (Å²) in [5, 5.41) is 7.36. The number of nitrogens with zero attached hydrogens (tertiary/aromatic N) is 3. The van der Waals surface area contributed by atoms with Crippen molar-refractivity contribution in [3.63, 3.8) is 0 Å². The first kappa shape index (κ1) is 22.4. The van der Waals surface area contributed by atoms with E-state index in [-0.39, 0.29) is 24.1 Å². The average molecular weight is 443 g/mol. The van der Waals surface area contributed by atoms with Crippen LogP contribution < -0.4 is 10.1 Å². The Hall–Kier alpha value is -3.80. The van der Waals surface area contributed by atoms with Crippen LogP contribution in [0.4, 0.5) is 0 Å². The number of hydrogen-bond donors (Lipinski definition) is 1. The number of benzene rings is 2. The van der Waals surface area contributed by atoms with E-state index >= 15 is 0 Å². The Balaban J connectivity index is 1.32. The Labute approximate surface area is 194 Å². The maximum atomic E-state index is 12.7. The van der Waals surface area contributed by atoms with Crippen LogP contribution in [-0.4, -0.2) is 20.3 Å². The average Bonchev–Trinajstić information content (AvgIpc) is 3.50. The molecule has 0 bridgehead atoms. The first-order valence-electron chi connectivity index (χ1n) is 11.1. The second-order valence-electron chi connectivity index (χ2n) is 9.17. The highest BCUT2D eigenvalue weighted by atomic mass is 16.5. The van der Waals surface area contributed by atoms with E-state index in [0.717, 1.165) is 17.0 Å². The molecule has 1 amide bonds. The van der Waals surface area contributed by atoms with Gasteiger partial charge in [-0.05, 0) is 65.9 Å². The van der Waals surface area contributed by atoms with Crippen molar-refractivity contribution in [3.05, 3.63) is 102 Å². The first-order chi connectivity index (χ1) is 15.8. The Morgan fingerprint density at radius 1 is 0.970 bits per heavy atom. The Bertz CT molecular complexity index is 1180. The molecule has 1 atom stereocenters. The molecule has 4 rings (SSSR count). The number of rotatable bonds is 7. The van der Waals surface area contributed by atoms with E-state index in [9.17, 15) is 4.79 Å². The molecule has 2 aromatic carbocycles. The third-order valence-corrected chi connectivity index (χ3v) is 5.60. The number of hydrogen-bond acceptors (Lipinski definition) is 3. The van der Waals surface area contributed by atoms with Crippen LogP contribution in [0.15, 0.2) is 85.3 Å². The van der Waals surface area contributed by atoms with Crippen LogP contribution in [-0.2, 0) is 12.1 Å². The molecule has 0 aliphatic heterocycles. The van der Waals surface area contributed by atoms with Crippen LogP contribution in [0.2, 0.25) is 0 Å². The van der Waals surface area contributed by atoms with E-state index in [2.05, 4.69) is 43.3 Å². The van der Waals surface area contributed by atoms with Gasteiger partial charge in [0.1, 0.15) is 11.4 Å². The van der Waals surface area contributed by atoms with Crippen LogP contribution >= 0.6 is 0 Å². The molecule has 0 spiro atoms. The minimum atomic E-state index is -0.217. The monoisotopic (exact) mass is 442 g/mol. The highest BCUT2D eigenvalue weighted by Crippen LogP contribution is 2.24. The molecular formula is C27H30N4O2. The molecule has 6 heteroatoms. The van der Waals surface area contributed by atoms with E-state index in [1.54, 1.807) is 16.9 Å². The van der Waals surface area contributed by atoms with E-state index in [0.29, 0.717) is 5.69 Å². The topological polar surface area (TPSA) is 61.1 Å². The van der Waals surface area contributed by atoms with Crippen LogP contribution in [0.3, 0.4) is 0 Å². The molecule has 2 heterocycles. The molecule has 0 aliphatic carbocycles. The van der Waals surface area contributed by atoms with E-state index in [1.807, 2.05) is 72.4 Å². The molecule has 6 nitrogen and oxygen atoms in total. The van der Waals surface area contributed by atoms with Crippen LogP contribution in [0, 0.1) is 0 Å². The number of aromatic nitrogens is 3. The number of carbonyl (C=O) groups is 1. The van der Waals surface area contributed by atoms with Gasteiger partial charge in [0.2, 0.25) is 0 Å². The normalized spacial score (nSPS) is 12.4. The molecule has 0 saturated carbocycles. The zero-order valence-corrected chi connectivity index (χ0v) is 19.5. The van der Waals surface area contributed by atoms with Crippen LogP contribution in [0.25, 0.3) is 5.69 Å². The molecule has 0 saturated heterocycles. The molecule has 1 N–H and O–H groups in total. The summed E-state index contributed by atoms with van der Waals surface area (Å²) in [6.07, 6.45) is 5.75. The van der Waals surface area contributed by atoms with Crippen LogP contribution in [0.5, 0.6) is 5.75 Å². The van der Waals surface area contributed by atoms with Gasteiger partial charge in [-0.2, -0.15) is 5.10 Å². The number of carbonyl (C=O) groups excluding carboxylic acids is 1. The second-order valence-corrected chi connectivity index (χ2v) is 9.17. The largest absolute Gasteiger partial charge is 0.471 e. The number of amides is 1. The molecule has 4 aromatic rings. The molecule has 0 aliphatic rings. The Morgan fingerprint density at radius 2 is 1.64 bits per heavy atom. The molecule has 0 fully saturated rings. The van der Waals surface area contributed by atoms with Crippen molar-refractivity contribution in [1.82, 2.24) is 19.7 Å². The lowest BCUT2D eigenvalue weighted by Gasteiger charge is -2.19. The van der Waals surface area contributed by atoms with Crippen molar-refractivity contribution in [2.45, 2.75) is 45.9 Å². The summed E-state index contributed by atoms with van der Waals surface area (Å²) in [6.45, 7) is 8.74. The Morgan fingerprint density at radius 3 is 2.27 bits per heavy atom. The highest BCUT2D eigenvalue weighted by Gasteiger charge is 2.15. The zero-order chi connectivity index (χ0) is 23.4. The van der Waals surface area contributed by atoms with Gasteiger partial charge in [-0.15, -0.1) is 0 Å². The summed E-state index contributed by atoms with van der Waals surface area (Å²) in [5.74, 6) is 0.548. The van der Waals surface area contributed by atoms with Gasteiger partial charge in [0, 0.05) is 24.3 Å². The van der Waals surface area contributed by atoms with Crippen molar-refractivity contribution in [2.24, 2.45) is 0 Å². The van der Waals surface area contributed by atoms with Gasteiger partial charge in [0.15, 0.2) is 6.73 Å². The van der Waals surface area contributed by atoms with Gasteiger partial charge < -0.3 is 14.6 Å². The fraction of sp³-hybridized carbons (Fsp3) is 0.259. The molecule has 170 valence electrons. The second kappa shape index (κ2) is 9.36. The highest BCUT2D eigenvalue weighted by molar-refractivity contribution is 5.92. The Kier molecular flexibility index (Phi) is 6.36. The fourth-order valence-corrected chi connectivity index (χ4v) is 3.54. The maximum Gasteiger partial charge on any atom is 0.272 e. The predicted molar refractivity (Wildman–Crippen MR) is 130 cm³/mol. The van der Waals surface area contributed by atoms with Crippen molar-refractivity contribution in [1.29, 1.82) is 0 Å². The zero-order valence-electron chi connectivity index (χ0n) is 19.5. The van der Waals surface area contributed by atoms with Crippen molar-refractivity contribution >= 4 is 5.91 Å². The molecule has 33 heavy (non-hydrogen) atoms. The number of ether oxygens (including phenoxy) is 1. The minimum Gasteiger partial charge on any atom is -0.471 e. The van der Waals surface area contributed by atoms with Crippen molar-refractivity contribution < 1.29 is 9.53 Å². The van der Waals surface area contributed by atoms with Gasteiger partial charge in [0.05, 0.1) is 6.04 Å². The fourth-order valence-electron chi connectivity index (χ4n) is 3.54. The van der Waals surface area contributed by atoms with Gasteiger partial charge in [0.25, 0.3) is 5.91 Å². The molecule has 1 unspecified atom stereocenters. The summed E-state index contributed by atoms with van der Waals surface area (Å²) in [6, 6.07) is 21.7. The summed E-state index contributed by atoms with van der Waals surface area (Å²) in [7, 11) is 0. The van der Waals surface area contributed by atoms with Gasteiger partial charge >= 0.3 is 0 Å². The van der Waals surface area contributed by atoms with Crippen molar-refractivity contribution in [2.75, 3.05) is 0 Å². The quantitative estimate of drug-likeness (QED) is 0.411.